The molecule has 0 aliphatic rings. The van der Waals surface area contributed by atoms with Crippen LogP contribution in [0.15, 0.2) is 43.0 Å². The Hall–Kier alpha value is -1.92. The highest BCUT2D eigenvalue weighted by atomic mass is 35.5. The maximum atomic E-state index is 9.86. The molecule has 4 heteroatoms. The molecule has 0 aliphatic carbocycles. The van der Waals surface area contributed by atoms with E-state index < -0.39 is 5.41 Å². The summed E-state index contributed by atoms with van der Waals surface area (Å²) in [4.78, 5) is 8.10. The van der Waals surface area contributed by atoms with E-state index in [0.29, 0.717) is 11.4 Å². The van der Waals surface area contributed by atoms with E-state index >= 15 is 0 Å². The lowest BCUT2D eigenvalue weighted by Gasteiger charge is -2.27. The number of benzene rings is 1. The predicted molar refractivity (Wildman–Crippen MR) is 84.0 cm³/mol. The Morgan fingerprint density at radius 3 is 2.43 bits per heavy atom. The molecule has 0 N–H and O–H groups in total. The number of nitrogens with zero attached hydrogens (tertiary/aromatic N) is 3. The van der Waals surface area contributed by atoms with Crippen molar-refractivity contribution in [1.82, 2.24) is 9.97 Å². The molecule has 0 radical (unpaired) electrons. The molecule has 1 aromatic carbocycles. The molecule has 1 heterocycles. The zero-order valence-corrected chi connectivity index (χ0v) is 12.8. The van der Waals surface area contributed by atoms with E-state index in [4.69, 9.17) is 11.6 Å². The van der Waals surface area contributed by atoms with Gasteiger partial charge in [-0.1, -0.05) is 43.5 Å². The summed E-state index contributed by atoms with van der Waals surface area (Å²) >= 11 is 5.97. The highest BCUT2D eigenvalue weighted by Gasteiger charge is 2.32. The third-order valence-electron chi connectivity index (χ3n) is 3.69. The maximum absolute atomic E-state index is 9.86. The van der Waals surface area contributed by atoms with Gasteiger partial charge in [0.05, 0.1) is 11.5 Å². The second kappa shape index (κ2) is 7.19. The summed E-state index contributed by atoms with van der Waals surface area (Å²) in [5.41, 5.74) is 1.43. The zero-order valence-electron chi connectivity index (χ0n) is 12.1. The topological polar surface area (TPSA) is 49.6 Å². The zero-order chi connectivity index (χ0) is 15.1. The van der Waals surface area contributed by atoms with Gasteiger partial charge < -0.3 is 0 Å². The minimum absolute atomic E-state index is 0.550. The molecule has 1 atom stereocenters. The fourth-order valence-electron chi connectivity index (χ4n) is 2.51. The Kier molecular flexibility index (Phi) is 5.30. The monoisotopic (exact) mass is 299 g/mol. The SMILES string of the molecule is CCCCC(C#N)(Cc1cncnc1)c1ccc(Cl)cc1. The average Bonchev–Trinajstić information content (AvgIpc) is 2.53. The lowest BCUT2D eigenvalue weighted by atomic mass is 9.73. The summed E-state index contributed by atoms with van der Waals surface area (Å²) < 4.78 is 0. The van der Waals surface area contributed by atoms with Crippen molar-refractivity contribution < 1.29 is 0 Å². The van der Waals surface area contributed by atoms with Gasteiger partial charge in [0.25, 0.3) is 0 Å². The molecular weight excluding hydrogens is 282 g/mol. The van der Waals surface area contributed by atoms with E-state index in [1.54, 1.807) is 12.4 Å². The first-order valence-electron chi connectivity index (χ1n) is 7.11. The lowest BCUT2D eigenvalue weighted by Crippen LogP contribution is -2.27. The van der Waals surface area contributed by atoms with Crippen LogP contribution >= 0.6 is 11.6 Å². The molecular formula is C17H18ClN3. The molecule has 0 bridgehead atoms. The third kappa shape index (κ3) is 3.80. The van der Waals surface area contributed by atoms with Crippen LogP contribution in [0.2, 0.25) is 5.02 Å². The minimum atomic E-state index is -0.550. The number of aromatic nitrogens is 2. The summed E-state index contributed by atoms with van der Waals surface area (Å²) in [6, 6.07) is 10.1. The van der Waals surface area contributed by atoms with Gasteiger partial charge in [-0.3, -0.25) is 0 Å². The molecule has 0 amide bonds. The molecule has 0 saturated carbocycles. The molecule has 1 unspecified atom stereocenters. The van der Waals surface area contributed by atoms with Gasteiger partial charge in [-0.25, -0.2) is 9.97 Å². The van der Waals surface area contributed by atoms with E-state index in [1.807, 2.05) is 24.3 Å². The molecule has 0 spiro atoms. The van der Waals surface area contributed by atoms with E-state index in [-0.39, 0.29) is 0 Å². The highest BCUT2D eigenvalue weighted by molar-refractivity contribution is 6.30. The first kappa shape index (κ1) is 15.5. The van der Waals surface area contributed by atoms with Crippen LogP contribution in [0.5, 0.6) is 0 Å². The standard InChI is InChI=1S/C17H18ClN3/c1-2-3-8-17(12-19,9-14-10-20-13-21-11-14)15-4-6-16(18)7-5-15/h4-7,10-11,13H,2-3,8-9H2,1H3. The first-order valence-corrected chi connectivity index (χ1v) is 7.49. The van der Waals surface area contributed by atoms with Crippen LogP contribution in [0.4, 0.5) is 0 Å². The summed E-state index contributed by atoms with van der Waals surface area (Å²) in [6.45, 7) is 2.13. The van der Waals surface area contributed by atoms with Crippen LogP contribution in [0.1, 0.15) is 37.3 Å². The lowest BCUT2D eigenvalue weighted by molar-refractivity contribution is 0.475. The van der Waals surface area contributed by atoms with Gasteiger partial charge in [-0.2, -0.15) is 5.26 Å². The fourth-order valence-corrected chi connectivity index (χ4v) is 2.64. The third-order valence-corrected chi connectivity index (χ3v) is 3.94. The van der Waals surface area contributed by atoms with Gasteiger partial charge in [0.15, 0.2) is 0 Å². The smallest absolute Gasteiger partial charge is 0.115 e. The predicted octanol–water partition coefficient (Wildman–Crippen LogP) is 4.32. The molecule has 0 aliphatic heterocycles. The average molecular weight is 300 g/mol. The van der Waals surface area contributed by atoms with Gasteiger partial charge in [0, 0.05) is 17.4 Å². The van der Waals surface area contributed by atoms with Crippen LogP contribution in [-0.2, 0) is 11.8 Å². The summed E-state index contributed by atoms with van der Waals surface area (Å²) in [5, 5.41) is 10.5. The Bertz CT molecular complexity index is 604. The van der Waals surface area contributed by atoms with Crippen LogP contribution in [0.3, 0.4) is 0 Å². The second-order valence-corrected chi connectivity index (χ2v) is 5.66. The van der Waals surface area contributed by atoms with Gasteiger partial charge in [0.1, 0.15) is 6.33 Å². The van der Waals surface area contributed by atoms with E-state index in [9.17, 15) is 5.26 Å². The Balaban J connectivity index is 2.38. The van der Waals surface area contributed by atoms with E-state index in [2.05, 4.69) is 23.0 Å². The minimum Gasteiger partial charge on any atom is -0.245 e. The van der Waals surface area contributed by atoms with Crippen molar-refractivity contribution in [2.45, 2.75) is 38.0 Å². The van der Waals surface area contributed by atoms with Crippen LogP contribution < -0.4 is 0 Å². The molecule has 21 heavy (non-hydrogen) atoms. The maximum Gasteiger partial charge on any atom is 0.115 e. The molecule has 3 nitrogen and oxygen atoms in total. The van der Waals surface area contributed by atoms with E-state index in [0.717, 1.165) is 30.4 Å². The van der Waals surface area contributed by atoms with Crippen molar-refractivity contribution >= 4 is 11.6 Å². The molecule has 2 rings (SSSR count). The molecule has 2 aromatic rings. The van der Waals surface area contributed by atoms with Crippen LogP contribution in [-0.4, -0.2) is 9.97 Å². The number of hydrogen-bond acceptors (Lipinski definition) is 3. The van der Waals surface area contributed by atoms with E-state index in [1.165, 1.54) is 6.33 Å². The van der Waals surface area contributed by atoms with Crippen LogP contribution in [0.25, 0.3) is 0 Å². The quantitative estimate of drug-likeness (QED) is 0.798. The van der Waals surface area contributed by atoms with Crippen molar-refractivity contribution in [3.8, 4) is 6.07 Å². The van der Waals surface area contributed by atoms with Gasteiger partial charge in [-0.15, -0.1) is 0 Å². The largest absolute Gasteiger partial charge is 0.245 e. The summed E-state index contributed by atoms with van der Waals surface area (Å²) in [6.07, 6.45) is 8.56. The number of rotatable bonds is 6. The summed E-state index contributed by atoms with van der Waals surface area (Å²) in [5.74, 6) is 0. The molecule has 1 aromatic heterocycles. The fraction of sp³-hybridized carbons (Fsp3) is 0.353. The molecule has 108 valence electrons. The highest BCUT2D eigenvalue weighted by Crippen LogP contribution is 2.33. The Morgan fingerprint density at radius 2 is 1.86 bits per heavy atom. The van der Waals surface area contributed by atoms with Crippen LogP contribution in [0, 0.1) is 11.3 Å². The van der Waals surface area contributed by atoms with Crippen molar-refractivity contribution in [2.24, 2.45) is 0 Å². The number of nitriles is 1. The molecule has 0 saturated heterocycles. The number of hydrogen-bond donors (Lipinski definition) is 0. The van der Waals surface area contributed by atoms with Crippen molar-refractivity contribution in [2.75, 3.05) is 0 Å². The first-order chi connectivity index (χ1) is 10.2. The second-order valence-electron chi connectivity index (χ2n) is 5.23. The van der Waals surface area contributed by atoms with Crippen molar-refractivity contribution in [3.63, 3.8) is 0 Å². The van der Waals surface area contributed by atoms with Crippen molar-refractivity contribution in [3.05, 3.63) is 59.1 Å². The molecule has 0 fully saturated rings. The van der Waals surface area contributed by atoms with Crippen molar-refractivity contribution in [1.29, 1.82) is 5.26 Å². The van der Waals surface area contributed by atoms with Gasteiger partial charge >= 0.3 is 0 Å². The van der Waals surface area contributed by atoms with Gasteiger partial charge in [-0.05, 0) is 36.1 Å². The Morgan fingerprint density at radius 1 is 1.19 bits per heavy atom. The number of halogens is 1. The normalized spacial score (nSPS) is 13.4. The number of unbranched alkanes of at least 4 members (excludes halogenated alkanes) is 1. The summed E-state index contributed by atoms with van der Waals surface area (Å²) in [7, 11) is 0. The van der Waals surface area contributed by atoms with Gasteiger partial charge in [0.2, 0.25) is 0 Å². The Labute approximate surface area is 130 Å².